The lowest BCUT2D eigenvalue weighted by atomic mass is 10.1. The van der Waals surface area contributed by atoms with Gasteiger partial charge in [0.1, 0.15) is 11.5 Å². The van der Waals surface area contributed by atoms with Gasteiger partial charge in [-0.25, -0.2) is 4.39 Å². The first-order chi connectivity index (χ1) is 11.0. The molecule has 0 aromatic heterocycles. The SMILES string of the molecule is COc1ccc(C(=O)NCCc2ccc(OC)c(F)c2)c(O)c1. The van der Waals surface area contributed by atoms with E-state index in [9.17, 15) is 14.3 Å². The van der Waals surface area contributed by atoms with E-state index in [0.29, 0.717) is 18.7 Å². The predicted octanol–water partition coefficient (Wildman–Crippen LogP) is 2.52. The third kappa shape index (κ3) is 4.12. The van der Waals surface area contributed by atoms with Crippen molar-refractivity contribution in [2.75, 3.05) is 20.8 Å². The molecule has 0 saturated heterocycles. The molecule has 0 unspecified atom stereocenters. The summed E-state index contributed by atoms with van der Waals surface area (Å²) in [5.41, 5.74) is 0.897. The fourth-order valence-electron chi connectivity index (χ4n) is 2.11. The second-order valence-electron chi connectivity index (χ2n) is 4.86. The summed E-state index contributed by atoms with van der Waals surface area (Å²) in [6.45, 7) is 0.316. The molecule has 23 heavy (non-hydrogen) atoms. The fourth-order valence-corrected chi connectivity index (χ4v) is 2.11. The lowest BCUT2D eigenvalue weighted by Gasteiger charge is -2.09. The van der Waals surface area contributed by atoms with Crippen LogP contribution in [0.1, 0.15) is 15.9 Å². The van der Waals surface area contributed by atoms with Gasteiger partial charge in [-0.3, -0.25) is 4.79 Å². The number of carbonyl (C=O) groups excluding carboxylic acids is 1. The number of halogens is 1. The summed E-state index contributed by atoms with van der Waals surface area (Å²) in [6.07, 6.45) is 0.462. The number of benzene rings is 2. The number of rotatable bonds is 6. The van der Waals surface area contributed by atoms with Gasteiger partial charge in [0, 0.05) is 12.6 Å². The Labute approximate surface area is 133 Å². The lowest BCUT2D eigenvalue weighted by Crippen LogP contribution is -2.25. The zero-order valence-electron chi connectivity index (χ0n) is 12.9. The van der Waals surface area contributed by atoms with Crippen molar-refractivity contribution in [2.45, 2.75) is 6.42 Å². The molecule has 2 rings (SSSR count). The number of methoxy groups -OCH3 is 2. The van der Waals surface area contributed by atoms with E-state index in [1.807, 2.05) is 0 Å². The Kier molecular flexibility index (Phi) is 5.41. The highest BCUT2D eigenvalue weighted by Gasteiger charge is 2.11. The Morgan fingerprint density at radius 2 is 1.96 bits per heavy atom. The lowest BCUT2D eigenvalue weighted by molar-refractivity contribution is 0.0951. The Morgan fingerprint density at radius 3 is 2.57 bits per heavy atom. The van der Waals surface area contributed by atoms with Crippen molar-refractivity contribution >= 4 is 5.91 Å². The first kappa shape index (κ1) is 16.6. The van der Waals surface area contributed by atoms with E-state index in [1.165, 1.54) is 32.4 Å². The minimum Gasteiger partial charge on any atom is -0.507 e. The summed E-state index contributed by atoms with van der Waals surface area (Å²) in [6, 6.07) is 9.09. The highest BCUT2D eigenvalue weighted by molar-refractivity contribution is 5.97. The molecule has 0 spiro atoms. The molecular formula is C17H18FNO4. The van der Waals surface area contributed by atoms with Crippen LogP contribution in [-0.4, -0.2) is 31.8 Å². The minimum atomic E-state index is -0.441. The molecule has 2 aromatic rings. The summed E-state index contributed by atoms with van der Waals surface area (Å²) in [5, 5.41) is 12.5. The topological polar surface area (TPSA) is 67.8 Å². The number of carbonyl (C=O) groups is 1. The van der Waals surface area contributed by atoms with Gasteiger partial charge in [0.05, 0.1) is 19.8 Å². The number of amides is 1. The summed E-state index contributed by atoms with van der Waals surface area (Å²) >= 11 is 0. The summed E-state index contributed by atoms with van der Waals surface area (Å²) in [4.78, 5) is 12.0. The van der Waals surface area contributed by atoms with Crippen LogP contribution in [0.15, 0.2) is 36.4 Å². The largest absolute Gasteiger partial charge is 0.507 e. The third-order valence-electron chi connectivity index (χ3n) is 3.36. The van der Waals surface area contributed by atoms with Crippen LogP contribution >= 0.6 is 0 Å². The zero-order valence-corrected chi connectivity index (χ0v) is 12.9. The van der Waals surface area contributed by atoms with E-state index in [4.69, 9.17) is 9.47 Å². The molecule has 0 bridgehead atoms. The number of hydrogen-bond acceptors (Lipinski definition) is 4. The number of phenols is 1. The average Bonchev–Trinajstić information content (AvgIpc) is 2.54. The van der Waals surface area contributed by atoms with E-state index in [1.54, 1.807) is 18.2 Å². The quantitative estimate of drug-likeness (QED) is 0.858. The summed E-state index contributed by atoms with van der Waals surface area (Å²) in [7, 11) is 2.88. The first-order valence-electron chi connectivity index (χ1n) is 7.02. The van der Waals surface area contributed by atoms with Crippen LogP contribution in [0.5, 0.6) is 17.2 Å². The molecule has 122 valence electrons. The van der Waals surface area contributed by atoms with Crippen molar-refractivity contribution in [3.8, 4) is 17.2 Å². The smallest absolute Gasteiger partial charge is 0.255 e. The molecule has 2 aromatic carbocycles. The fraction of sp³-hybridized carbons (Fsp3) is 0.235. The van der Waals surface area contributed by atoms with Crippen LogP contribution in [0.4, 0.5) is 4.39 Å². The average molecular weight is 319 g/mol. The van der Waals surface area contributed by atoms with Crippen molar-refractivity contribution in [3.05, 3.63) is 53.3 Å². The highest BCUT2D eigenvalue weighted by atomic mass is 19.1. The van der Waals surface area contributed by atoms with Crippen LogP contribution in [0, 0.1) is 5.82 Å². The van der Waals surface area contributed by atoms with Crippen LogP contribution < -0.4 is 14.8 Å². The van der Waals surface area contributed by atoms with Crippen molar-refractivity contribution < 1.29 is 23.8 Å². The second-order valence-corrected chi connectivity index (χ2v) is 4.86. The van der Waals surface area contributed by atoms with E-state index in [0.717, 1.165) is 5.56 Å². The van der Waals surface area contributed by atoms with Gasteiger partial charge >= 0.3 is 0 Å². The van der Waals surface area contributed by atoms with Gasteiger partial charge in [-0.15, -0.1) is 0 Å². The normalized spacial score (nSPS) is 10.2. The molecular weight excluding hydrogens is 301 g/mol. The van der Waals surface area contributed by atoms with Gasteiger partial charge < -0.3 is 19.9 Å². The van der Waals surface area contributed by atoms with Crippen molar-refractivity contribution in [1.82, 2.24) is 5.32 Å². The zero-order chi connectivity index (χ0) is 16.8. The molecule has 0 aliphatic heterocycles. The molecule has 1 amide bonds. The molecule has 0 atom stereocenters. The number of phenolic OH excluding ortho intramolecular Hbond substituents is 1. The molecule has 0 aliphatic carbocycles. The van der Waals surface area contributed by atoms with Crippen LogP contribution in [-0.2, 0) is 6.42 Å². The van der Waals surface area contributed by atoms with Crippen LogP contribution in [0.3, 0.4) is 0 Å². The van der Waals surface area contributed by atoms with E-state index in [-0.39, 0.29) is 17.1 Å². The molecule has 0 aliphatic rings. The maximum atomic E-state index is 13.6. The molecule has 5 nitrogen and oxygen atoms in total. The minimum absolute atomic E-state index is 0.155. The first-order valence-corrected chi connectivity index (χ1v) is 7.02. The Morgan fingerprint density at radius 1 is 1.17 bits per heavy atom. The van der Waals surface area contributed by atoms with Gasteiger partial charge in [-0.1, -0.05) is 6.07 Å². The van der Waals surface area contributed by atoms with E-state index >= 15 is 0 Å². The standard InChI is InChI=1S/C17H18FNO4/c1-22-12-4-5-13(15(20)10-12)17(21)19-8-7-11-3-6-16(23-2)14(18)9-11/h3-6,9-10,20H,7-8H2,1-2H3,(H,19,21). The third-order valence-corrected chi connectivity index (χ3v) is 3.36. The Balaban J connectivity index is 1.93. The molecule has 0 heterocycles. The highest BCUT2D eigenvalue weighted by Crippen LogP contribution is 2.23. The van der Waals surface area contributed by atoms with Crippen LogP contribution in [0.25, 0.3) is 0 Å². The number of hydrogen-bond donors (Lipinski definition) is 2. The molecule has 0 radical (unpaired) electrons. The second kappa shape index (κ2) is 7.49. The number of nitrogens with one attached hydrogen (secondary N) is 1. The summed E-state index contributed by atoms with van der Waals surface area (Å²) in [5.74, 6) is -0.352. The molecule has 2 N–H and O–H groups in total. The number of aromatic hydroxyl groups is 1. The van der Waals surface area contributed by atoms with Crippen molar-refractivity contribution in [2.24, 2.45) is 0 Å². The van der Waals surface area contributed by atoms with Gasteiger partial charge in [0.2, 0.25) is 0 Å². The van der Waals surface area contributed by atoms with E-state index < -0.39 is 11.7 Å². The van der Waals surface area contributed by atoms with Gasteiger partial charge in [0.15, 0.2) is 11.6 Å². The molecule has 0 fully saturated rings. The van der Waals surface area contributed by atoms with Crippen molar-refractivity contribution in [3.63, 3.8) is 0 Å². The van der Waals surface area contributed by atoms with Gasteiger partial charge in [-0.05, 0) is 36.2 Å². The Bertz CT molecular complexity index is 703. The monoisotopic (exact) mass is 319 g/mol. The molecule has 6 heteroatoms. The van der Waals surface area contributed by atoms with Crippen molar-refractivity contribution in [1.29, 1.82) is 0 Å². The number of ether oxygens (including phenoxy) is 2. The summed E-state index contributed by atoms with van der Waals surface area (Å²) < 4.78 is 23.4. The Hall–Kier alpha value is -2.76. The molecule has 0 saturated carbocycles. The predicted molar refractivity (Wildman–Crippen MR) is 83.6 cm³/mol. The maximum absolute atomic E-state index is 13.6. The maximum Gasteiger partial charge on any atom is 0.255 e. The van der Waals surface area contributed by atoms with E-state index in [2.05, 4.69) is 5.32 Å². The van der Waals surface area contributed by atoms with Crippen LogP contribution in [0.2, 0.25) is 0 Å². The van der Waals surface area contributed by atoms with Gasteiger partial charge in [-0.2, -0.15) is 0 Å². The van der Waals surface area contributed by atoms with Gasteiger partial charge in [0.25, 0.3) is 5.91 Å².